The molecule has 1 aromatic carbocycles. The minimum absolute atomic E-state index is 0.142. The molecule has 0 aromatic heterocycles. The Morgan fingerprint density at radius 3 is 2.81 bits per heavy atom. The largest absolute Gasteiger partial charge is 0.392 e. The average Bonchev–Trinajstić information content (AvgIpc) is 2.67. The molecular weight excluding hydrogens is 205 g/mol. The van der Waals surface area contributed by atoms with Crippen molar-refractivity contribution < 1.29 is 9.50 Å². The van der Waals surface area contributed by atoms with Crippen molar-refractivity contribution in [2.75, 3.05) is 6.54 Å². The fourth-order valence-electron chi connectivity index (χ4n) is 2.27. The molecule has 2 atom stereocenters. The Hall–Kier alpha value is -0.930. The summed E-state index contributed by atoms with van der Waals surface area (Å²) < 4.78 is 13.3. The Balaban J connectivity index is 1.78. The zero-order valence-electron chi connectivity index (χ0n) is 9.32. The van der Waals surface area contributed by atoms with Gasteiger partial charge in [0.2, 0.25) is 0 Å². The summed E-state index contributed by atoms with van der Waals surface area (Å²) in [5.41, 5.74) is 0.738. The molecule has 1 aromatic rings. The molecule has 0 aliphatic heterocycles. The first-order valence-electron chi connectivity index (χ1n) is 5.92. The summed E-state index contributed by atoms with van der Waals surface area (Å²) in [4.78, 5) is 0. The van der Waals surface area contributed by atoms with Crippen LogP contribution in [0.4, 0.5) is 4.39 Å². The minimum Gasteiger partial charge on any atom is -0.392 e. The second-order valence-electron chi connectivity index (χ2n) is 4.40. The van der Waals surface area contributed by atoms with Crippen molar-refractivity contribution in [3.05, 3.63) is 35.6 Å². The van der Waals surface area contributed by atoms with Gasteiger partial charge in [-0.25, -0.2) is 4.39 Å². The molecule has 1 aliphatic rings. The van der Waals surface area contributed by atoms with E-state index in [9.17, 15) is 9.50 Å². The lowest BCUT2D eigenvalue weighted by atomic mass is 10.1. The van der Waals surface area contributed by atoms with E-state index >= 15 is 0 Å². The van der Waals surface area contributed by atoms with Crippen molar-refractivity contribution in [2.24, 2.45) is 0 Å². The number of hydrogen-bond donors (Lipinski definition) is 2. The molecule has 3 heteroatoms. The summed E-state index contributed by atoms with van der Waals surface area (Å²) in [5.74, 6) is -0.142. The van der Waals surface area contributed by atoms with E-state index in [2.05, 4.69) is 5.32 Å². The molecule has 0 bridgehead atoms. The second-order valence-corrected chi connectivity index (χ2v) is 4.40. The van der Waals surface area contributed by atoms with Crippen LogP contribution in [0.3, 0.4) is 0 Å². The van der Waals surface area contributed by atoms with E-state index in [-0.39, 0.29) is 18.0 Å². The predicted octanol–water partition coefficient (Wildman–Crippen LogP) is 1.87. The number of rotatable bonds is 4. The summed E-state index contributed by atoms with van der Waals surface area (Å²) in [6.07, 6.45) is 3.45. The van der Waals surface area contributed by atoms with E-state index in [0.717, 1.165) is 31.4 Å². The lowest BCUT2D eigenvalue weighted by Crippen LogP contribution is -2.36. The fourth-order valence-corrected chi connectivity index (χ4v) is 2.27. The van der Waals surface area contributed by atoms with E-state index < -0.39 is 0 Å². The van der Waals surface area contributed by atoms with Gasteiger partial charge in [0.15, 0.2) is 0 Å². The van der Waals surface area contributed by atoms with Gasteiger partial charge >= 0.3 is 0 Å². The van der Waals surface area contributed by atoms with Crippen LogP contribution in [-0.2, 0) is 6.42 Å². The molecule has 0 spiro atoms. The zero-order chi connectivity index (χ0) is 11.4. The van der Waals surface area contributed by atoms with Crippen LogP contribution < -0.4 is 5.32 Å². The first-order valence-corrected chi connectivity index (χ1v) is 5.92. The first kappa shape index (κ1) is 11.6. The lowest BCUT2D eigenvalue weighted by molar-refractivity contribution is 0.149. The highest BCUT2D eigenvalue weighted by Crippen LogP contribution is 2.18. The number of halogens is 1. The minimum atomic E-state index is -0.222. The van der Waals surface area contributed by atoms with Gasteiger partial charge in [-0.05, 0) is 43.9 Å². The molecule has 0 amide bonds. The third kappa shape index (κ3) is 2.80. The van der Waals surface area contributed by atoms with Crippen LogP contribution in [0.2, 0.25) is 0 Å². The molecule has 88 valence electrons. The third-order valence-corrected chi connectivity index (χ3v) is 3.24. The molecule has 2 nitrogen and oxygen atoms in total. The van der Waals surface area contributed by atoms with Gasteiger partial charge in [0.05, 0.1) is 6.10 Å². The van der Waals surface area contributed by atoms with Gasteiger partial charge in [-0.1, -0.05) is 18.2 Å². The molecule has 0 radical (unpaired) electrons. The smallest absolute Gasteiger partial charge is 0.126 e. The molecule has 1 saturated carbocycles. The first-order chi connectivity index (χ1) is 7.77. The summed E-state index contributed by atoms with van der Waals surface area (Å²) in [7, 11) is 0. The van der Waals surface area contributed by atoms with Crippen LogP contribution in [0.15, 0.2) is 24.3 Å². The predicted molar refractivity (Wildman–Crippen MR) is 61.8 cm³/mol. The van der Waals surface area contributed by atoms with Crippen molar-refractivity contribution in [3.63, 3.8) is 0 Å². The van der Waals surface area contributed by atoms with Gasteiger partial charge < -0.3 is 10.4 Å². The molecular formula is C13H18FNO. The Labute approximate surface area is 95.5 Å². The quantitative estimate of drug-likeness (QED) is 0.816. The zero-order valence-corrected chi connectivity index (χ0v) is 9.32. The van der Waals surface area contributed by atoms with Gasteiger partial charge in [0.1, 0.15) is 5.82 Å². The van der Waals surface area contributed by atoms with Crippen LogP contribution in [0, 0.1) is 5.82 Å². The van der Waals surface area contributed by atoms with Gasteiger partial charge in [0, 0.05) is 6.04 Å². The van der Waals surface area contributed by atoms with E-state index in [1.165, 1.54) is 6.07 Å². The molecule has 2 rings (SSSR count). The highest BCUT2D eigenvalue weighted by Gasteiger charge is 2.24. The SMILES string of the molecule is O[C@H]1CCC[C@@H]1NCCc1ccccc1F. The average molecular weight is 223 g/mol. The Bertz CT molecular complexity index is 342. The Morgan fingerprint density at radius 2 is 2.12 bits per heavy atom. The summed E-state index contributed by atoms with van der Waals surface area (Å²) >= 11 is 0. The highest BCUT2D eigenvalue weighted by atomic mass is 19.1. The second kappa shape index (κ2) is 5.41. The van der Waals surface area contributed by atoms with Gasteiger partial charge in [-0.2, -0.15) is 0 Å². The van der Waals surface area contributed by atoms with Crippen molar-refractivity contribution >= 4 is 0 Å². The summed E-state index contributed by atoms with van der Waals surface area (Å²) in [5, 5.41) is 12.9. The molecule has 0 heterocycles. The maximum atomic E-state index is 13.3. The van der Waals surface area contributed by atoms with Crippen molar-refractivity contribution in [2.45, 2.75) is 37.8 Å². The van der Waals surface area contributed by atoms with Crippen LogP contribution in [0.25, 0.3) is 0 Å². The van der Waals surface area contributed by atoms with Crippen molar-refractivity contribution in [1.82, 2.24) is 5.32 Å². The maximum absolute atomic E-state index is 13.3. The van der Waals surface area contributed by atoms with Crippen molar-refractivity contribution in [3.8, 4) is 0 Å². The molecule has 16 heavy (non-hydrogen) atoms. The van der Waals surface area contributed by atoms with Crippen LogP contribution in [0.5, 0.6) is 0 Å². The van der Waals surface area contributed by atoms with Gasteiger partial charge in [-0.15, -0.1) is 0 Å². The third-order valence-electron chi connectivity index (χ3n) is 3.24. The molecule has 0 saturated heterocycles. The Morgan fingerprint density at radius 1 is 1.31 bits per heavy atom. The summed E-state index contributed by atoms with van der Waals surface area (Å²) in [6, 6.07) is 7.05. The lowest BCUT2D eigenvalue weighted by Gasteiger charge is -2.16. The van der Waals surface area contributed by atoms with Gasteiger partial charge in [-0.3, -0.25) is 0 Å². The standard InChI is InChI=1S/C13H18FNO/c14-11-5-2-1-4-10(11)8-9-15-12-6-3-7-13(12)16/h1-2,4-5,12-13,15-16H,3,6-9H2/t12-,13-/m0/s1. The number of hydrogen-bond acceptors (Lipinski definition) is 2. The fraction of sp³-hybridized carbons (Fsp3) is 0.538. The monoisotopic (exact) mass is 223 g/mol. The van der Waals surface area contributed by atoms with E-state index in [1.54, 1.807) is 6.07 Å². The molecule has 1 fully saturated rings. The van der Waals surface area contributed by atoms with Crippen LogP contribution >= 0.6 is 0 Å². The van der Waals surface area contributed by atoms with Gasteiger partial charge in [0.25, 0.3) is 0 Å². The maximum Gasteiger partial charge on any atom is 0.126 e. The van der Waals surface area contributed by atoms with E-state index in [0.29, 0.717) is 6.42 Å². The number of nitrogens with one attached hydrogen (secondary N) is 1. The molecule has 2 N–H and O–H groups in total. The number of aliphatic hydroxyl groups is 1. The molecule has 1 aliphatic carbocycles. The topological polar surface area (TPSA) is 32.3 Å². The van der Waals surface area contributed by atoms with Crippen LogP contribution in [0.1, 0.15) is 24.8 Å². The summed E-state index contributed by atoms with van der Waals surface area (Å²) in [6.45, 7) is 0.725. The van der Waals surface area contributed by atoms with Crippen LogP contribution in [-0.4, -0.2) is 23.8 Å². The highest BCUT2D eigenvalue weighted by molar-refractivity contribution is 5.17. The Kier molecular flexibility index (Phi) is 3.91. The number of aliphatic hydroxyl groups excluding tert-OH is 1. The number of benzene rings is 1. The normalized spacial score (nSPS) is 24.9. The van der Waals surface area contributed by atoms with Crippen molar-refractivity contribution in [1.29, 1.82) is 0 Å². The van der Waals surface area contributed by atoms with E-state index in [1.807, 2.05) is 12.1 Å². The molecule has 0 unspecified atom stereocenters. The van der Waals surface area contributed by atoms with E-state index in [4.69, 9.17) is 0 Å².